The van der Waals surface area contributed by atoms with Crippen molar-refractivity contribution in [2.45, 2.75) is 13.0 Å². The Labute approximate surface area is 82.1 Å². The van der Waals surface area contributed by atoms with Gasteiger partial charge in [-0.15, -0.1) is 0 Å². The third-order valence-corrected chi connectivity index (χ3v) is 1.60. The zero-order valence-corrected chi connectivity index (χ0v) is 8.19. The molecular formula is C8H14N4O2. The molecule has 0 fully saturated rings. The fourth-order valence-corrected chi connectivity index (χ4v) is 0.959. The molecular weight excluding hydrogens is 184 g/mol. The van der Waals surface area contributed by atoms with E-state index in [0.29, 0.717) is 18.1 Å². The molecule has 1 rings (SSSR count). The summed E-state index contributed by atoms with van der Waals surface area (Å²) in [4.78, 5) is 7.72. The van der Waals surface area contributed by atoms with Crippen LogP contribution in [0.2, 0.25) is 0 Å². The summed E-state index contributed by atoms with van der Waals surface area (Å²) in [5.74, 6) is 1.16. The molecule has 0 radical (unpaired) electrons. The van der Waals surface area contributed by atoms with E-state index in [0.717, 1.165) is 0 Å². The van der Waals surface area contributed by atoms with Gasteiger partial charge in [-0.2, -0.15) is 0 Å². The number of nitrogens with zero attached hydrogens (tertiary/aromatic N) is 2. The van der Waals surface area contributed by atoms with Gasteiger partial charge >= 0.3 is 0 Å². The zero-order chi connectivity index (χ0) is 10.6. The topological polar surface area (TPSA) is 93.3 Å². The fourth-order valence-electron chi connectivity index (χ4n) is 0.959. The van der Waals surface area contributed by atoms with Crippen LogP contribution in [0.4, 0.5) is 11.6 Å². The fraction of sp³-hybridized carbons (Fsp3) is 0.500. The largest absolute Gasteiger partial charge is 0.490 e. The maximum atomic E-state index is 9.07. The van der Waals surface area contributed by atoms with E-state index in [-0.39, 0.29) is 5.82 Å². The average molecular weight is 198 g/mol. The zero-order valence-electron chi connectivity index (χ0n) is 8.19. The van der Waals surface area contributed by atoms with Crippen molar-refractivity contribution in [1.29, 1.82) is 0 Å². The van der Waals surface area contributed by atoms with Crippen LogP contribution in [0.25, 0.3) is 0 Å². The number of hydrogen-bond acceptors (Lipinski definition) is 6. The first-order valence-corrected chi connectivity index (χ1v) is 4.21. The van der Waals surface area contributed by atoms with E-state index in [4.69, 9.17) is 15.6 Å². The van der Waals surface area contributed by atoms with Crippen molar-refractivity contribution in [3.05, 3.63) is 6.33 Å². The number of nitrogen functional groups attached to an aromatic ring is 1. The van der Waals surface area contributed by atoms with Crippen molar-refractivity contribution in [3.8, 4) is 5.75 Å². The summed E-state index contributed by atoms with van der Waals surface area (Å²) in [5.41, 5.74) is 5.56. The number of hydrogen-bond donors (Lipinski definition) is 3. The third-order valence-electron chi connectivity index (χ3n) is 1.60. The van der Waals surface area contributed by atoms with Gasteiger partial charge in [-0.25, -0.2) is 9.97 Å². The van der Waals surface area contributed by atoms with Gasteiger partial charge in [0.1, 0.15) is 6.33 Å². The van der Waals surface area contributed by atoms with Gasteiger partial charge in [-0.05, 0) is 6.92 Å². The van der Waals surface area contributed by atoms with Crippen molar-refractivity contribution in [2.24, 2.45) is 0 Å². The minimum absolute atomic E-state index is 0.274. The molecule has 1 unspecified atom stereocenters. The average Bonchev–Trinajstić information content (AvgIpc) is 2.14. The molecule has 6 nitrogen and oxygen atoms in total. The maximum Gasteiger partial charge on any atom is 0.203 e. The molecule has 78 valence electrons. The predicted molar refractivity (Wildman–Crippen MR) is 53.2 cm³/mol. The summed E-state index contributed by atoms with van der Waals surface area (Å²) in [5, 5.41) is 12.0. The molecule has 1 aromatic rings. The molecule has 0 aromatic carbocycles. The van der Waals surface area contributed by atoms with E-state index in [2.05, 4.69) is 15.3 Å². The number of anilines is 2. The van der Waals surface area contributed by atoms with Crippen LogP contribution in [-0.2, 0) is 0 Å². The highest BCUT2D eigenvalue weighted by atomic mass is 16.5. The second-order valence-corrected chi connectivity index (χ2v) is 2.87. The van der Waals surface area contributed by atoms with E-state index in [9.17, 15) is 0 Å². The lowest BCUT2D eigenvalue weighted by molar-refractivity contribution is 0.208. The van der Waals surface area contributed by atoms with E-state index in [1.807, 2.05) is 0 Å². The third kappa shape index (κ3) is 2.46. The Balaban J connectivity index is 2.80. The van der Waals surface area contributed by atoms with Crippen LogP contribution in [0, 0.1) is 0 Å². The van der Waals surface area contributed by atoms with Crippen molar-refractivity contribution in [3.63, 3.8) is 0 Å². The summed E-state index contributed by atoms with van der Waals surface area (Å²) < 4.78 is 5.01. The van der Waals surface area contributed by atoms with Gasteiger partial charge in [0.05, 0.1) is 13.2 Å². The van der Waals surface area contributed by atoms with Gasteiger partial charge in [0, 0.05) is 6.54 Å². The van der Waals surface area contributed by atoms with Gasteiger partial charge in [-0.1, -0.05) is 0 Å². The Morgan fingerprint density at radius 3 is 2.93 bits per heavy atom. The van der Waals surface area contributed by atoms with Crippen LogP contribution in [-0.4, -0.2) is 34.8 Å². The molecule has 0 spiro atoms. The summed E-state index contributed by atoms with van der Waals surface area (Å²) in [7, 11) is 1.49. The number of aliphatic hydroxyl groups excluding tert-OH is 1. The molecule has 0 saturated heterocycles. The molecule has 4 N–H and O–H groups in total. The number of aromatic nitrogens is 2. The molecule has 0 aliphatic heterocycles. The highest BCUT2D eigenvalue weighted by Crippen LogP contribution is 2.25. The van der Waals surface area contributed by atoms with Gasteiger partial charge in [0.25, 0.3) is 0 Å². The SMILES string of the molecule is COc1c(N)ncnc1NCC(C)O. The Morgan fingerprint density at radius 2 is 2.36 bits per heavy atom. The number of ether oxygens (including phenoxy) is 1. The van der Waals surface area contributed by atoms with Gasteiger partial charge in [-0.3, -0.25) is 0 Å². The summed E-state index contributed by atoms with van der Waals surface area (Å²) >= 11 is 0. The summed E-state index contributed by atoms with van der Waals surface area (Å²) in [6, 6.07) is 0. The Morgan fingerprint density at radius 1 is 1.64 bits per heavy atom. The molecule has 1 aromatic heterocycles. The molecule has 0 aliphatic carbocycles. The maximum absolute atomic E-state index is 9.07. The predicted octanol–water partition coefficient (Wildman–Crippen LogP) is -0.140. The lowest BCUT2D eigenvalue weighted by atomic mass is 10.4. The highest BCUT2D eigenvalue weighted by Gasteiger charge is 2.09. The second kappa shape index (κ2) is 4.61. The lowest BCUT2D eigenvalue weighted by Gasteiger charge is -2.11. The molecule has 1 atom stereocenters. The van der Waals surface area contributed by atoms with Crippen LogP contribution in [0.1, 0.15) is 6.92 Å². The molecule has 0 bridgehead atoms. The molecule has 0 saturated carbocycles. The van der Waals surface area contributed by atoms with Crippen LogP contribution >= 0.6 is 0 Å². The van der Waals surface area contributed by atoms with Crippen molar-refractivity contribution < 1.29 is 9.84 Å². The normalized spacial score (nSPS) is 12.2. The smallest absolute Gasteiger partial charge is 0.203 e. The standard InChI is InChI=1S/C8H14N4O2/c1-5(13)3-10-8-6(14-2)7(9)11-4-12-8/h4-5,13H,3H2,1-2H3,(H3,9,10,11,12). The number of nitrogens with one attached hydrogen (secondary N) is 1. The van der Waals surface area contributed by atoms with E-state index >= 15 is 0 Å². The van der Waals surface area contributed by atoms with Crippen LogP contribution in [0.3, 0.4) is 0 Å². The monoisotopic (exact) mass is 198 g/mol. The molecule has 6 heteroatoms. The van der Waals surface area contributed by atoms with Crippen LogP contribution in [0.5, 0.6) is 5.75 Å². The quantitative estimate of drug-likeness (QED) is 0.623. The Bertz CT molecular complexity index is 303. The number of aliphatic hydroxyl groups is 1. The lowest BCUT2D eigenvalue weighted by Crippen LogP contribution is -2.17. The molecule has 1 heterocycles. The Hall–Kier alpha value is -1.56. The Kier molecular flexibility index (Phi) is 3.47. The summed E-state index contributed by atoms with van der Waals surface area (Å²) in [6.45, 7) is 2.05. The van der Waals surface area contributed by atoms with Gasteiger partial charge < -0.3 is 20.9 Å². The minimum Gasteiger partial charge on any atom is -0.490 e. The molecule has 0 amide bonds. The second-order valence-electron chi connectivity index (χ2n) is 2.87. The first kappa shape index (κ1) is 10.5. The van der Waals surface area contributed by atoms with Gasteiger partial charge in [0.2, 0.25) is 5.75 Å². The molecule has 0 aliphatic rings. The van der Waals surface area contributed by atoms with Crippen molar-refractivity contribution >= 4 is 11.6 Å². The van der Waals surface area contributed by atoms with Crippen LogP contribution in [0.15, 0.2) is 6.33 Å². The highest BCUT2D eigenvalue weighted by molar-refractivity contribution is 5.61. The first-order valence-electron chi connectivity index (χ1n) is 4.21. The minimum atomic E-state index is -0.462. The number of methoxy groups -OCH3 is 1. The first-order chi connectivity index (χ1) is 6.65. The van der Waals surface area contributed by atoms with E-state index < -0.39 is 6.10 Å². The van der Waals surface area contributed by atoms with Crippen LogP contribution < -0.4 is 15.8 Å². The molecule has 14 heavy (non-hydrogen) atoms. The number of rotatable bonds is 4. The van der Waals surface area contributed by atoms with E-state index in [1.54, 1.807) is 6.92 Å². The summed E-state index contributed by atoms with van der Waals surface area (Å²) in [6.07, 6.45) is 0.873. The van der Waals surface area contributed by atoms with Gasteiger partial charge in [0.15, 0.2) is 11.6 Å². The van der Waals surface area contributed by atoms with E-state index in [1.165, 1.54) is 13.4 Å². The van der Waals surface area contributed by atoms with Crippen molar-refractivity contribution in [2.75, 3.05) is 24.7 Å². The van der Waals surface area contributed by atoms with Crippen molar-refractivity contribution in [1.82, 2.24) is 9.97 Å². The number of nitrogens with two attached hydrogens (primary N) is 1.